The summed E-state index contributed by atoms with van der Waals surface area (Å²) in [7, 11) is 0. The molecule has 0 amide bonds. The molecule has 28 heavy (non-hydrogen) atoms. The molecule has 0 saturated heterocycles. The Morgan fingerprint density at radius 3 is 2.79 bits per heavy atom. The van der Waals surface area contributed by atoms with Crippen molar-refractivity contribution >= 4 is 72.7 Å². The number of para-hydroxylation sites is 2. The first-order valence-electron chi connectivity index (χ1n) is 8.23. The average molecular weight is 490 g/mol. The summed E-state index contributed by atoms with van der Waals surface area (Å²) < 4.78 is 8.99. The molecule has 0 fully saturated rings. The molecule has 5 rings (SSSR count). The molecule has 3 aromatic heterocycles. The second-order valence-electron chi connectivity index (χ2n) is 5.97. The van der Waals surface area contributed by atoms with Crippen molar-refractivity contribution in [2.45, 2.75) is 9.99 Å². The van der Waals surface area contributed by atoms with E-state index in [1.54, 1.807) is 10.5 Å². The first kappa shape index (κ1) is 18.0. The van der Waals surface area contributed by atoms with Crippen LogP contribution in [0, 0.1) is 0 Å². The molecular weight excluding hydrogens is 480 g/mol. The highest BCUT2D eigenvalue weighted by atomic mass is 79.9. The molecule has 8 heteroatoms. The first-order valence-corrected chi connectivity index (χ1v) is 11.0. The summed E-state index contributed by atoms with van der Waals surface area (Å²) in [5.74, 6) is 0.606. The maximum atomic E-state index is 12.9. The number of nitrogens with zero attached hydrogens (tertiary/aromatic N) is 2. The summed E-state index contributed by atoms with van der Waals surface area (Å²) in [5, 5.41) is 1.41. The van der Waals surface area contributed by atoms with E-state index in [0.717, 1.165) is 20.4 Å². The van der Waals surface area contributed by atoms with Gasteiger partial charge in [0.15, 0.2) is 10.1 Å². The van der Waals surface area contributed by atoms with Gasteiger partial charge < -0.3 is 4.42 Å². The van der Waals surface area contributed by atoms with E-state index >= 15 is 0 Å². The highest BCUT2D eigenvalue weighted by molar-refractivity contribution is 9.10. The summed E-state index contributed by atoms with van der Waals surface area (Å²) in [4.78, 5) is 19.1. The SMILES string of the molecule is O=c1/c(=C/c2cc(Br)c(Sc3ccc(Cl)cc3)o2)sc2nc3ccccc3n12. The minimum Gasteiger partial charge on any atom is -0.449 e. The van der Waals surface area contributed by atoms with Gasteiger partial charge in [-0.3, -0.25) is 4.79 Å². The van der Waals surface area contributed by atoms with Crippen LogP contribution in [0.2, 0.25) is 5.02 Å². The number of thiazole rings is 1. The molecule has 0 aliphatic rings. The van der Waals surface area contributed by atoms with Crippen LogP contribution in [-0.4, -0.2) is 9.38 Å². The summed E-state index contributed by atoms with van der Waals surface area (Å²) in [6, 6.07) is 17.0. The molecule has 0 bridgehead atoms. The lowest BCUT2D eigenvalue weighted by atomic mass is 10.3. The first-order chi connectivity index (χ1) is 13.6. The molecule has 2 aromatic carbocycles. The van der Waals surface area contributed by atoms with Gasteiger partial charge in [-0.1, -0.05) is 46.8 Å². The Labute approximate surface area is 180 Å². The van der Waals surface area contributed by atoms with Gasteiger partial charge in [-0.2, -0.15) is 0 Å². The van der Waals surface area contributed by atoms with Crippen LogP contribution in [0.4, 0.5) is 0 Å². The van der Waals surface area contributed by atoms with Crippen molar-refractivity contribution in [3.63, 3.8) is 0 Å². The van der Waals surface area contributed by atoms with Crippen LogP contribution in [0.1, 0.15) is 5.76 Å². The number of benzene rings is 2. The lowest BCUT2D eigenvalue weighted by Gasteiger charge is -1.98. The quantitative estimate of drug-likeness (QED) is 0.330. The van der Waals surface area contributed by atoms with Crippen LogP contribution < -0.4 is 10.1 Å². The predicted octanol–water partition coefficient (Wildman–Crippen LogP) is 5.62. The zero-order valence-electron chi connectivity index (χ0n) is 14.1. The molecule has 0 spiro atoms. The molecule has 0 atom stereocenters. The van der Waals surface area contributed by atoms with Crippen LogP contribution in [0.3, 0.4) is 0 Å². The van der Waals surface area contributed by atoms with Crippen molar-refractivity contribution in [3.8, 4) is 0 Å². The highest BCUT2D eigenvalue weighted by Gasteiger charge is 2.13. The number of furan rings is 1. The monoisotopic (exact) mass is 488 g/mol. The van der Waals surface area contributed by atoms with Crippen molar-refractivity contribution in [2.75, 3.05) is 0 Å². The van der Waals surface area contributed by atoms with Crippen molar-refractivity contribution < 1.29 is 4.42 Å². The highest BCUT2D eigenvalue weighted by Crippen LogP contribution is 2.36. The van der Waals surface area contributed by atoms with E-state index in [9.17, 15) is 4.79 Å². The maximum absolute atomic E-state index is 12.9. The van der Waals surface area contributed by atoms with Crippen molar-refractivity contribution in [2.24, 2.45) is 0 Å². The molecule has 0 N–H and O–H groups in total. The molecule has 0 aliphatic heterocycles. The Kier molecular flexibility index (Phi) is 4.55. The normalized spacial score (nSPS) is 12.4. The molecule has 5 aromatic rings. The molecule has 0 unspecified atom stereocenters. The van der Waals surface area contributed by atoms with Gasteiger partial charge in [0, 0.05) is 16.0 Å². The predicted molar refractivity (Wildman–Crippen MR) is 118 cm³/mol. The Balaban J connectivity index is 1.55. The third-order valence-corrected chi connectivity index (χ3v) is 7.19. The van der Waals surface area contributed by atoms with Gasteiger partial charge in [-0.25, -0.2) is 9.38 Å². The van der Waals surface area contributed by atoms with Crippen LogP contribution in [0.15, 0.2) is 78.3 Å². The van der Waals surface area contributed by atoms with E-state index in [4.69, 9.17) is 16.0 Å². The molecule has 0 aliphatic carbocycles. The minimum absolute atomic E-state index is 0.0897. The second-order valence-corrected chi connectivity index (χ2v) is 9.32. The van der Waals surface area contributed by atoms with Crippen LogP contribution >= 0.6 is 50.6 Å². The smallest absolute Gasteiger partial charge is 0.275 e. The van der Waals surface area contributed by atoms with E-state index in [1.165, 1.54) is 23.1 Å². The Morgan fingerprint density at radius 2 is 1.96 bits per heavy atom. The third-order valence-electron chi connectivity index (χ3n) is 4.12. The number of halogens is 2. The zero-order chi connectivity index (χ0) is 19.3. The number of rotatable bonds is 3. The van der Waals surface area contributed by atoms with E-state index in [1.807, 2.05) is 54.6 Å². The summed E-state index contributed by atoms with van der Waals surface area (Å²) in [5.41, 5.74) is 1.55. The summed E-state index contributed by atoms with van der Waals surface area (Å²) >= 11 is 12.3. The molecule has 0 saturated carbocycles. The van der Waals surface area contributed by atoms with E-state index in [-0.39, 0.29) is 5.56 Å². The van der Waals surface area contributed by atoms with Gasteiger partial charge in [-0.15, -0.1) is 0 Å². The number of imidazole rings is 1. The van der Waals surface area contributed by atoms with E-state index in [2.05, 4.69) is 20.9 Å². The van der Waals surface area contributed by atoms with Crippen LogP contribution in [0.5, 0.6) is 0 Å². The number of hydrogen-bond acceptors (Lipinski definition) is 5. The van der Waals surface area contributed by atoms with Crippen LogP contribution in [-0.2, 0) is 0 Å². The van der Waals surface area contributed by atoms with Gasteiger partial charge in [0.1, 0.15) is 10.3 Å². The maximum Gasteiger partial charge on any atom is 0.275 e. The number of hydrogen-bond donors (Lipinski definition) is 0. The van der Waals surface area contributed by atoms with Crippen molar-refractivity contribution in [1.82, 2.24) is 9.38 Å². The topological polar surface area (TPSA) is 47.5 Å². The van der Waals surface area contributed by atoms with E-state index in [0.29, 0.717) is 25.4 Å². The summed E-state index contributed by atoms with van der Waals surface area (Å²) in [6.45, 7) is 0. The van der Waals surface area contributed by atoms with E-state index < -0.39 is 0 Å². The van der Waals surface area contributed by atoms with Gasteiger partial charge in [0.25, 0.3) is 5.56 Å². The molecule has 3 heterocycles. The Bertz CT molecular complexity index is 1440. The fraction of sp³-hybridized carbons (Fsp3) is 0. The summed E-state index contributed by atoms with van der Waals surface area (Å²) in [6.07, 6.45) is 1.76. The minimum atomic E-state index is -0.0897. The molecule has 4 nitrogen and oxygen atoms in total. The Morgan fingerprint density at radius 1 is 1.18 bits per heavy atom. The zero-order valence-corrected chi connectivity index (χ0v) is 18.0. The lowest BCUT2D eigenvalue weighted by molar-refractivity contribution is 0.463. The van der Waals surface area contributed by atoms with Crippen molar-refractivity contribution in [1.29, 1.82) is 0 Å². The molecular formula is C20H10BrClN2O2S2. The molecule has 0 radical (unpaired) electrons. The Hall–Kier alpha value is -2.06. The van der Waals surface area contributed by atoms with Gasteiger partial charge in [0.2, 0.25) is 0 Å². The largest absolute Gasteiger partial charge is 0.449 e. The van der Waals surface area contributed by atoms with Gasteiger partial charge in [0.05, 0.1) is 15.5 Å². The second kappa shape index (κ2) is 7.08. The van der Waals surface area contributed by atoms with Crippen molar-refractivity contribution in [3.05, 3.63) is 84.7 Å². The van der Waals surface area contributed by atoms with Gasteiger partial charge in [-0.05, 0) is 58.4 Å². The average Bonchev–Trinajstić information content (AvgIpc) is 3.31. The fourth-order valence-electron chi connectivity index (χ4n) is 2.86. The lowest BCUT2D eigenvalue weighted by Crippen LogP contribution is -2.22. The van der Waals surface area contributed by atoms with Gasteiger partial charge >= 0.3 is 0 Å². The number of fused-ring (bicyclic) bond motifs is 3. The van der Waals surface area contributed by atoms with Crippen LogP contribution in [0.25, 0.3) is 22.1 Å². The third kappa shape index (κ3) is 3.18. The fourth-order valence-corrected chi connectivity index (χ4v) is 5.28. The molecule has 138 valence electrons. The number of aromatic nitrogens is 2. The standard InChI is InChI=1S/C20H10BrClN2O2S2/c21-14-9-12(26-19(14)27-13-7-5-11(22)6-8-13)10-17-18(25)24-16-4-2-1-3-15(16)23-20(24)28-17/h1-10H/b17-10-.